The second kappa shape index (κ2) is 5.51. The van der Waals surface area contributed by atoms with E-state index >= 15 is 0 Å². The number of oxazole rings is 1. The zero-order valence-corrected chi connectivity index (χ0v) is 10.9. The molecule has 0 aliphatic heterocycles. The molecule has 0 aliphatic carbocycles. The maximum Gasteiger partial charge on any atom is 0.273 e. The molecule has 2 aromatic heterocycles. The Morgan fingerprint density at radius 3 is 2.89 bits per heavy atom. The van der Waals surface area contributed by atoms with Crippen LogP contribution in [-0.4, -0.2) is 22.4 Å². The number of aromatic nitrogens is 2. The highest BCUT2D eigenvalue weighted by atomic mass is 16.3. The van der Waals surface area contributed by atoms with Crippen molar-refractivity contribution in [2.75, 3.05) is 12.3 Å². The van der Waals surface area contributed by atoms with E-state index < -0.39 is 0 Å². The van der Waals surface area contributed by atoms with Gasteiger partial charge >= 0.3 is 0 Å². The van der Waals surface area contributed by atoms with Gasteiger partial charge in [-0.1, -0.05) is 13.8 Å². The molecule has 0 spiro atoms. The number of nitrogens with zero attached hydrogens (tertiary/aromatic N) is 2. The summed E-state index contributed by atoms with van der Waals surface area (Å²) in [4.78, 5) is 19.9. The third-order valence-corrected chi connectivity index (χ3v) is 2.44. The van der Waals surface area contributed by atoms with Crippen molar-refractivity contribution in [3.05, 3.63) is 30.3 Å². The number of anilines is 1. The molecule has 2 aromatic rings. The number of nitrogen functional groups attached to an aromatic ring is 1. The van der Waals surface area contributed by atoms with Crippen molar-refractivity contribution in [3.63, 3.8) is 0 Å². The van der Waals surface area contributed by atoms with Crippen molar-refractivity contribution in [2.24, 2.45) is 5.92 Å². The fourth-order valence-electron chi connectivity index (χ4n) is 1.43. The van der Waals surface area contributed by atoms with Crippen LogP contribution in [0, 0.1) is 5.92 Å². The maximum absolute atomic E-state index is 11.8. The SMILES string of the molecule is CC(C)CNC(=O)c1coc(-c2ccc(N)nc2)n1. The highest BCUT2D eigenvalue weighted by molar-refractivity contribution is 5.92. The van der Waals surface area contributed by atoms with Crippen LogP contribution in [-0.2, 0) is 0 Å². The minimum Gasteiger partial charge on any atom is -0.444 e. The molecule has 2 rings (SSSR count). The van der Waals surface area contributed by atoms with Gasteiger partial charge in [0.25, 0.3) is 5.91 Å². The van der Waals surface area contributed by atoms with Crippen molar-refractivity contribution in [3.8, 4) is 11.5 Å². The Morgan fingerprint density at radius 2 is 2.26 bits per heavy atom. The minimum absolute atomic E-state index is 0.243. The van der Waals surface area contributed by atoms with Crippen LogP contribution >= 0.6 is 0 Å². The number of amides is 1. The fraction of sp³-hybridized carbons (Fsp3) is 0.308. The predicted molar refractivity (Wildman–Crippen MR) is 71.3 cm³/mol. The zero-order chi connectivity index (χ0) is 13.8. The Balaban J connectivity index is 2.10. The number of carbonyl (C=O) groups is 1. The van der Waals surface area contributed by atoms with Gasteiger partial charge in [0.15, 0.2) is 5.69 Å². The molecule has 0 fully saturated rings. The van der Waals surface area contributed by atoms with Crippen LogP contribution in [0.4, 0.5) is 5.82 Å². The standard InChI is InChI=1S/C13H16N4O2/c1-8(2)5-16-12(18)10-7-19-13(17-10)9-3-4-11(14)15-6-9/h3-4,6-8H,5H2,1-2H3,(H2,14,15)(H,16,18). The van der Waals surface area contributed by atoms with Gasteiger partial charge in [-0.25, -0.2) is 9.97 Å². The average molecular weight is 260 g/mol. The lowest BCUT2D eigenvalue weighted by Crippen LogP contribution is -2.27. The molecule has 1 amide bonds. The second-order valence-corrected chi connectivity index (χ2v) is 4.61. The van der Waals surface area contributed by atoms with E-state index in [1.807, 2.05) is 13.8 Å². The average Bonchev–Trinajstić information content (AvgIpc) is 2.86. The quantitative estimate of drug-likeness (QED) is 0.872. The topological polar surface area (TPSA) is 94.0 Å². The summed E-state index contributed by atoms with van der Waals surface area (Å²) in [5.74, 6) is 0.913. The molecule has 0 aliphatic rings. The van der Waals surface area contributed by atoms with Gasteiger partial charge in [0.2, 0.25) is 5.89 Å². The van der Waals surface area contributed by atoms with E-state index in [0.717, 1.165) is 0 Å². The third kappa shape index (κ3) is 3.31. The van der Waals surface area contributed by atoms with E-state index in [2.05, 4.69) is 15.3 Å². The molecule has 0 saturated carbocycles. The zero-order valence-electron chi connectivity index (χ0n) is 10.9. The summed E-state index contributed by atoms with van der Waals surface area (Å²) in [5, 5.41) is 2.78. The molecule has 2 heterocycles. The van der Waals surface area contributed by atoms with Gasteiger partial charge in [-0.15, -0.1) is 0 Å². The van der Waals surface area contributed by atoms with Crippen LogP contribution < -0.4 is 11.1 Å². The first-order chi connectivity index (χ1) is 9.06. The monoisotopic (exact) mass is 260 g/mol. The molecule has 3 N–H and O–H groups in total. The molecule has 19 heavy (non-hydrogen) atoms. The van der Waals surface area contributed by atoms with E-state index in [1.54, 1.807) is 18.3 Å². The summed E-state index contributed by atoms with van der Waals surface area (Å²) in [5.41, 5.74) is 6.43. The van der Waals surface area contributed by atoms with Gasteiger partial charge < -0.3 is 15.5 Å². The molecule has 0 radical (unpaired) electrons. The Kier molecular flexibility index (Phi) is 3.79. The number of nitrogens with one attached hydrogen (secondary N) is 1. The summed E-state index contributed by atoms with van der Waals surface area (Å²) >= 11 is 0. The lowest BCUT2D eigenvalue weighted by atomic mass is 10.2. The van der Waals surface area contributed by atoms with E-state index in [0.29, 0.717) is 29.7 Å². The smallest absolute Gasteiger partial charge is 0.273 e. The molecular weight excluding hydrogens is 244 g/mol. The molecular formula is C13H16N4O2. The Morgan fingerprint density at radius 1 is 1.47 bits per heavy atom. The van der Waals surface area contributed by atoms with E-state index in [1.165, 1.54) is 6.26 Å². The highest BCUT2D eigenvalue weighted by Gasteiger charge is 2.13. The summed E-state index contributed by atoms with van der Waals surface area (Å²) < 4.78 is 5.27. The van der Waals surface area contributed by atoms with Crippen LogP contribution in [0.25, 0.3) is 11.5 Å². The van der Waals surface area contributed by atoms with Crippen molar-refractivity contribution in [1.82, 2.24) is 15.3 Å². The van der Waals surface area contributed by atoms with Gasteiger partial charge in [0.1, 0.15) is 12.1 Å². The van der Waals surface area contributed by atoms with Crippen molar-refractivity contribution in [2.45, 2.75) is 13.8 Å². The van der Waals surface area contributed by atoms with Gasteiger partial charge in [-0.3, -0.25) is 4.79 Å². The molecule has 0 saturated heterocycles. The first kappa shape index (κ1) is 13.1. The number of nitrogens with two attached hydrogens (primary N) is 1. The summed E-state index contributed by atoms with van der Waals surface area (Å²) in [6, 6.07) is 3.39. The molecule has 0 aromatic carbocycles. The Hall–Kier alpha value is -2.37. The van der Waals surface area contributed by atoms with Crippen LogP contribution in [0.1, 0.15) is 24.3 Å². The number of hydrogen-bond donors (Lipinski definition) is 2. The molecule has 0 unspecified atom stereocenters. The number of carbonyl (C=O) groups excluding carboxylic acids is 1. The highest BCUT2D eigenvalue weighted by Crippen LogP contribution is 2.18. The van der Waals surface area contributed by atoms with Gasteiger partial charge in [0, 0.05) is 12.7 Å². The van der Waals surface area contributed by atoms with Gasteiger partial charge in [0.05, 0.1) is 5.56 Å². The van der Waals surface area contributed by atoms with E-state index in [9.17, 15) is 4.79 Å². The summed E-state index contributed by atoms with van der Waals surface area (Å²) in [6.45, 7) is 4.65. The van der Waals surface area contributed by atoms with E-state index in [4.69, 9.17) is 10.2 Å². The normalized spacial score (nSPS) is 10.7. The first-order valence-corrected chi connectivity index (χ1v) is 6.02. The third-order valence-electron chi connectivity index (χ3n) is 2.44. The maximum atomic E-state index is 11.8. The molecule has 6 heteroatoms. The van der Waals surface area contributed by atoms with Crippen molar-refractivity contribution < 1.29 is 9.21 Å². The molecule has 6 nitrogen and oxygen atoms in total. The summed E-state index contributed by atoms with van der Waals surface area (Å²) in [7, 11) is 0. The predicted octanol–water partition coefficient (Wildman–Crippen LogP) is 1.70. The minimum atomic E-state index is -0.243. The van der Waals surface area contributed by atoms with Gasteiger partial charge in [-0.2, -0.15) is 0 Å². The molecule has 0 bridgehead atoms. The first-order valence-electron chi connectivity index (χ1n) is 6.02. The largest absolute Gasteiger partial charge is 0.444 e. The summed E-state index contributed by atoms with van der Waals surface area (Å²) in [6.07, 6.45) is 2.89. The Bertz CT molecular complexity index is 560. The van der Waals surface area contributed by atoms with E-state index in [-0.39, 0.29) is 11.6 Å². The second-order valence-electron chi connectivity index (χ2n) is 4.61. The fourth-order valence-corrected chi connectivity index (χ4v) is 1.43. The number of pyridine rings is 1. The molecule has 0 atom stereocenters. The van der Waals surface area contributed by atoms with Crippen LogP contribution in [0.5, 0.6) is 0 Å². The van der Waals surface area contributed by atoms with Crippen molar-refractivity contribution >= 4 is 11.7 Å². The number of rotatable bonds is 4. The van der Waals surface area contributed by atoms with Crippen LogP contribution in [0.2, 0.25) is 0 Å². The van der Waals surface area contributed by atoms with Crippen LogP contribution in [0.15, 0.2) is 29.0 Å². The Labute approximate surface area is 111 Å². The lowest BCUT2D eigenvalue weighted by molar-refractivity contribution is 0.0944. The lowest BCUT2D eigenvalue weighted by Gasteiger charge is -2.04. The number of hydrogen-bond acceptors (Lipinski definition) is 5. The van der Waals surface area contributed by atoms with Gasteiger partial charge in [-0.05, 0) is 18.1 Å². The van der Waals surface area contributed by atoms with Crippen LogP contribution in [0.3, 0.4) is 0 Å². The van der Waals surface area contributed by atoms with Crippen molar-refractivity contribution in [1.29, 1.82) is 0 Å². The molecule has 100 valence electrons.